The number of hydrogen-bond donors (Lipinski definition) is 0. The summed E-state index contributed by atoms with van der Waals surface area (Å²) in [6, 6.07) is 0.168. The Kier molecular flexibility index (Phi) is 4.32. The zero-order valence-corrected chi connectivity index (χ0v) is 14.1. The van der Waals surface area contributed by atoms with E-state index in [0.29, 0.717) is 30.8 Å². The van der Waals surface area contributed by atoms with Gasteiger partial charge in [0.15, 0.2) is 11.6 Å². The molecule has 1 aliphatic carbocycles. The second-order valence-electron chi connectivity index (χ2n) is 6.54. The van der Waals surface area contributed by atoms with Gasteiger partial charge in [-0.25, -0.2) is 0 Å². The van der Waals surface area contributed by atoms with Gasteiger partial charge in [-0.1, -0.05) is 10.3 Å². The van der Waals surface area contributed by atoms with E-state index in [1.807, 2.05) is 13.8 Å². The van der Waals surface area contributed by atoms with Crippen molar-refractivity contribution in [1.82, 2.24) is 25.2 Å². The van der Waals surface area contributed by atoms with Gasteiger partial charge in [0.1, 0.15) is 6.10 Å². The first-order valence-electron chi connectivity index (χ1n) is 8.76. The van der Waals surface area contributed by atoms with Gasteiger partial charge < -0.3 is 13.8 Å². The van der Waals surface area contributed by atoms with Gasteiger partial charge in [0.25, 0.3) is 0 Å². The van der Waals surface area contributed by atoms with Crippen molar-refractivity contribution in [3.8, 4) is 0 Å². The molecule has 2 atom stereocenters. The van der Waals surface area contributed by atoms with Crippen LogP contribution in [0.2, 0.25) is 0 Å². The van der Waals surface area contributed by atoms with Gasteiger partial charge in [0.2, 0.25) is 11.8 Å². The molecular weight excluding hydrogens is 310 g/mol. The first kappa shape index (κ1) is 15.7. The fraction of sp³-hybridized carbons (Fsp3) is 0.750. The van der Waals surface area contributed by atoms with Crippen LogP contribution >= 0.6 is 0 Å². The lowest BCUT2D eigenvalue weighted by Crippen LogP contribution is -2.23. The van der Waals surface area contributed by atoms with Gasteiger partial charge in [-0.15, -0.1) is 0 Å². The van der Waals surface area contributed by atoms with Gasteiger partial charge in [-0.2, -0.15) is 9.97 Å². The molecule has 0 amide bonds. The van der Waals surface area contributed by atoms with Crippen molar-refractivity contribution in [3.63, 3.8) is 0 Å². The molecule has 130 valence electrons. The summed E-state index contributed by atoms with van der Waals surface area (Å²) < 4.78 is 16.3. The van der Waals surface area contributed by atoms with Crippen molar-refractivity contribution >= 4 is 0 Å². The third-order valence-electron chi connectivity index (χ3n) is 4.65. The van der Waals surface area contributed by atoms with E-state index in [-0.39, 0.29) is 12.1 Å². The van der Waals surface area contributed by atoms with Crippen LogP contribution in [0.15, 0.2) is 9.05 Å². The Bertz CT molecular complexity index is 681. The van der Waals surface area contributed by atoms with E-state index in [0.717, 1.165) is 31.1 Å². The second-order valence-corrected chi connectivity index (χ2v) is 6.54. The van der Waals surface area contributed by atoms with E-state index >= 15 is 0 Å². The van der Waals surface area contributed by atoms with E-state index in [1.54, 1.807) is 0 Å². The average molecular weight is 333 g/mol. The number of likely N-dealkylation sites (tertiary alicyclic amines) is 1. The summed E-state index contributed by atoms with van der Waals surface area (Å²) in [5, 5.41) is 8.22. The average Bonchev–Trinajstić information content (AvgIpc) is 3.01. The fourth-order valence-electron chi connectivity index (χ4n) is 3.18. The van der Waals surface area contributed by atoms with Gasteiger partial charge in [0.05, 0.1) is 12.6 Å². The lowest BCUT2D eigenvalue weighted by atomic mass is 10.2. The van der Waals surface area contributed by atoms with E-state index < -0.39 is 0 Å². The molecule has 0 aromatic carbocycles. The Labute approximate surface area is 140 Å². The zero-order chi connectivity index (χ0) is 16.5. The summed E-state index contributed by atoms with van der Waals surface area (Å²) in [5.41, 5.74) is 0. The first-order chi connectivity index (χ1) is 11.7. The van der Waals surface area contributed by atoms with Crippen LogP contribution in [0.1, 0.15) is 81.0 Å². The van der Waals surface area contributed by atoms with Gasteiger partial charge >= 0.3 is 0 Å². The quantitative estimate of drug-likeness (QED) is 0.764. The Morgan fingerprint density at radius 2 is 2.08 bits per heavy atom. The molecule has 0 radical (unpaired) electrons. The highest BCUT2D eigenvalue weighted by atomic mass is 16.5. The van der Waals surface area contributed by atoms with Crippen LogP contribution in [-0.4, -0.2) is 38.3 Å². The summed E-state index contributed by atoms with van der Waals surface area (Å²) in [6.07, 6.45) is 4.31. The van der Waals surface area contributed by atoms with Gasteiger partial charge in [-0.05, 0) is 46.1 Å². The number of aromatic nitrogens is 4. The summed E-state index contributed by atoms with van der Waals surface area (Å²) in [4.78, 5) is 11.3. The molecule has 2 aromatic rings. The Balaban J connectivity index is 1.43. The summed E-state index contributed by atoms with van der Waals surface area (Å²) in [6.45, 7) is 6.07. The molecule has 1 saturated carbocycles. The van der Waals surface area contributed by atoms with Crippen LogP contribution < -0.4 is 0 Å². The summed E-state index contributed by atoms with van der Waals surface area (Å²) >= 11 is 0. The fourth-order valence-corrected chi connectivity index (χ4v) is 3.18. The lowest BCUT2D eigenvalue weighted by Gasteiger charge is -2.19. The number of nitrogens with zero attached hydrogens (tertiary/aromatic N) is 5. The van der Waals surface area contributed by atoms with Crippen molar-refractivity contribution in [2.75, 3.05) is 13.2 Å². The minimum absolute atomic E-state index is 0.153. The molecule has 0 N–H and O–H groups in total. The van der Waals surface area contributed by atoms with Gasteiger partial charge in [0, 0.05) is 12.5 Å². The van der Waals surface area contributed by atoms with E-state index in [1.165, 1.54) is 12.8 Å². The van der Waals surface area contributed by atoms with Crippen LogP contribution in [0.5, 0.6) is 0 Å². The van der Waals surface area contributed by atoms with Crippen molar-refractivity contribution in [2.45, 2.75) is 64.1 Å². The van der Waals surface area contributed by atoms with Crippen LogP contribution in [0.3, 0.4) is 0 Å². The van der Waals surface area contributed by atoms with Crippen molar-refractivity contribution < 1.29 is 13.8 Å². The van der Waals surface area contributed by atoms with E-state index in [4.69, 9.17) is 13.8 Å². The molecular formula is C16H23N5O3. The highest BCUT2D eigenvalue weighted by Gasteiger charge is 2.34. The molecule has 0 bridgehead atoms. The maximum atomic E-state index is 5.50. The topological polar surface area (TPSA) is 90.3 Å². The molecule has 0 unspecified atom stereocenters. The standard InChI is InChI=1S/C16H23N5O3/c1-3-22-10(2)14-17-13(23-19-14)9-21-8-4-5-12(21)15-18-16(24-20-15)11-6-7-11/h10-12H,3-9H2,1-2H3/t10-,12-/m0/s1. The SMILES string of the molecule is CCO[C@@H](C)c1noc(CN2CCC[C@H]2c2noc(C3CC3)n2)n1. The molecule has 1 aliphatic heterocycles. The molecule has 0 spiro atoms. The highest BCUT2D eigenvalue weighted by molar-refractivity contribution is 5.05. The Morgan fingerprint density at radius 3 is 2.88 bits per heavy atom. The zero-order valence-electron chi connectivity index (χ0n) is 14.1. The predicted molar refractivity (Wildman–Crippen MR) is 83.0 cm³/mol. The lowest BCUT2D eigenvalue weighted by molar-refractivity contribution is 0.0683. The largest absolute Gasteiger partial charge is 0.371 e. The molecule has 2 fully saturated rings. The third-order valence-corrected chi connectivity index (χ3v) is 4.65. The molecule has 8 nitrogen and oxygen atoms in total. The minimum Gasteiger partial charge on any atom is -0.371 e. The van der Waals surface area contributed by atoms with Crippen LogP contribution in [0.4, 0.5) is 0 Å². The maximum absolute atomic E-state index is 5.50. The van der Waals surface area contributed by atoms with Crippen molar-refractivity contribution in [2.24, 2.45) is 0 Å². The van der Waals surface area contributed by atoms with E-state index in [2.05, 4.69) is 25.2 Å². The minimum atomic E-state index is -0.153. The second kappa shape index (κ2) is 6.60. The van der Waals surface area contributed by atoms with Crippen LogP contribution in [-0.2, 0) is 11.3 Å². The van der Waals surface area contributed by atoms with Crippen LogP contribution in [0.25, 0.3) is 0 Å². The number of hydrogen-bond acceptors (Lipinski definition) is 8. The van der Waals surface area contributed by atoms with Crippen molar-refractivity contribution in [1.29, 1.82) is 0 Å². The molecule has 24 heavy (non-hydrogen) atoms. The molecule has 4 rings (SSSR count). The third kappa shape index (κ3) is 3.21. The molecule has 1 saturated heterocycles. The molecule has 8 heteroatoms. The molecule has 2 aromatic heterocycles. The molecule has 3 heterocycles. The molecule has 2 aliphatic rings. The summed E-state index contributed by atoms with van der Waals surface area (Å²) in [7, 11) is 0. The Morgan fingerprint density at radius 1 is 1.21 bits per heavy atom. The Hall–Kier alpha value is -1.80. The summed E-state index contributed by atoms with van der Waals surface area (Å²) in [5.74, 6) is 3.27. The normalized spacial score (nSPS) is 23.0. The van der Waals surface area contributed by atoms with E-state index in [9.17, 15) is 0 Å². The maximum Gasteiger partial charge on any atom is 0.240 e. The number of rotatable bonds is 7. The first-order valence-corrected chi connectivity index (χ1v) is 8.76. The highest BCUT2D eigenvalue weighted by Crippen LogP contribution is 2.40. The predicted octanol–water partition coefficient (Wildman–Crippen LogP) is 2.76. The van der Waals surface area contributed by atoms with Crippen LogP contribution in [0, 0.1) is 0 Å². The monoisotopic (exact) mass is 333 g/mol. The van der Waals surface area contributed by atoms with Gasteiger partial charge in [-0.3, -0.25) is 4.90 Å². The number of ether oxygens (including phenoxy) is 1. The van der Waals surface area contributed by atoms with Crippen molar-refractivity contribution in [3.05, 3.63) is 23.4 Å². The smallest absolute Gasteiger partial charge is 0.240 e.